The summed E-state index contributed by atoms with van der Waals surface area (Å²) in [4.78, 5) is 27.1. The molecule has 0 spiro atoms. The number of nitrogens with zero attached hydrogens (tertiary/aromatic N) is 1. The van der Waals surface area contributed by atoms with Crippen molar-refractivity contribution in [3.63, 3.8) is 0 Å². The molecular formula is C24H15F2NO5. The van der Waals surface area contributed by atoms with Crippen LogP contribution >= 0.6 is 0 Å². The van der Waals surface area contributed by atoms with Gasteiger partial charge in [0.1, 0.15) is 17.4 Å². The molecule has 6 nitrogen and oxygen atoms in total. The summed E-state index contributed by atoms with van der Waals surface area (Å²) in [6, 6.07) is 13.9. The van der Waals surface area contributed by atoms with Crippen LogP contribution in [0.1, 0.15) is 17.2 Å². The second-order valence-electron chi connectivity index (χ2n) is 7.27. The van der Waals surface area contributed by atoms with Crippen molar-refractivity contribution in [2.75, 3.05) is 11.7 Å². The first-order valence-electron chi connectivity index (χ1n) is 9.66. The molecule has 3 aromatic rings. The number of benzene rings is 3. The predicted molar refractivity (Wildman–Crippen MR) is 110 cm³/mol. The third-order valence-electron chi connectivity index (χ3n) is 5.36. The quantitative estimate of drug-likeness (QED) is 0.377. The van der Waals surface area contributed by atoms with Crippen LogP contribution in [0.5, 0.6) is 11.5 Å². The molecule has 1 fully saturated rings. The van der Waals surface area contributed by atoms with Crippen molar-refractivity contribution < 1.29 is 33.0 Å². The lowest BCUT2D eigenvalue weighted by atomic mass is 9.95. The number of fused-ring (bicyclic) bond motifs is 1. The molecule has 2 aliphatic heterocycles. The van der Waals surface area contributed by atoms with Gasteiger partial charge in [0.05, 0.1) is 11.6 Å². The Bertz CT molecular complexity index is 1290. The number of amides is 1. The normalized spacial score (nSPS) is 18.9. The van der Waals surface area contributed by atoms with Gasteiger partial charge in [-0.3, -0.25) is 14.5 Å². The van der Waals surface area contributed by atoms with Crippen molar-refractivity contribution >= 4 is 23.1 Å². The van der Waals surface area contributed by atoms with Crippen LogP contribution in [0.25, 0.3) is 5.76 Å². The minimum Gasteiger partial charge on any atom is -0.507 e. The number of hydrogen-bond acceptors (Lipinski definition) is 5. The van der Waals surface area contributed by atoms with Crippen molar-refractivity contribution in [1.82, 2.24) is 0 Å². The van der Waals surface area contributed by atoms with Gasteiger partial charge in [-0.15, -0.1) is 0 Å². The van der Waals surface area contributed by atoms with Gasteiger partial charge >= 0.3 is 0 Å². The average molecular weight is 435 g/mol. The number of aliphatic hydroxyl groups excluding tert-OH is 1. The van der Waals surface area contributed by atoms with E-state index in [2.05, 4.69) is 0 Å². The molecule has 1 atom stereocenters. The van der Waals surface area contributed by atoms with Gasteiger partial charge in [0.2, 0.25) is 6.79 Å². The Morgan fingerprint density at radius 1 is 0.906 bits per heavy atom. The summed E-state index contributed by atoms with van der Waals surface area (Å²) in [5.41, 5.74) is 0.534. The van der Waals surface area contributed by atoms with E-state index in [-0.39, 0.29) is 23.6 Å². The molecular weight excluding hydrogens is 420 g/mol. The molecule has 1 saturated heterocycles. The Hall–Kier alpha value is -4.20. The second-order valence-corrected chi connectivity index (χ2v) is 7.27. The van der Waals surface area contributed by atoms with E-state index in [1.165, 1.54) is 54.6 Å². The zero-order chi connectivity index (χ0) is 22.4. The number of hydrogen-bond donors (Lipinski definition) is 1. The van der Waals surface area contributed by atoms with E-state index in [4.69, 9.17) is 9.47 Å². The Kier molecular flexibility index (Phi) is 4.62. The first-order chi connectivity index (χ1) is 15.4. The molecule has 0 aromatic heterocycles. The lowest BCUT2D eigenvalue weighted by Crippen LogP contribution is -2.29. The minimum absolute atomic E-state index is 0.0269. The highest BCUT2D eigenvalue weighted by Gasteiger charge is 2.47. The van der Waals surface area contributed by atoms with Gasteiger partial charge in [-0.1, -0.05) is 18.2 Å². The first kappa shape index (κ1) is 19.7. The fourth-order valence-corrected chi connectivity index (χ4v) is 3.88. The van der Waals surface area contributed by atoms with E-state index in [9.17, 15) is 23.5 Å². The van der Waals surface area contributed by atoms with Gasteiger partial charge in [-0.05, 0) is 54.1 Å². The topological polar surface area (TPSA) is 76.1 Å². The molecule has 0 radical (unpaired) electrons. The molecule has 1 unspecified atom stereocenters. The molecule has 3 aromatic carbocycles. The van der Waals surface area contributed by atoms with Crippen LogP contribution in [-0.2, 0) is 9.59 Å². The molecule has 160 valence electrons. The third-order valence-corrected chi connectivity index (χ3v) is 5.36. The van der Waals surface area contributed by atoms with E-state index in [1.54, 1.807) is 6.07 Å². The summed E-state index contributed by atoms with van der Waals surface area (Å²) in [6.07, 6.45) is 0. The summed E-state index contributed by atoms with van der Waals surface area (Å²) in [5.74, 6) is -2.56. The van der Waals surface area contributed by atoms with Crippen molar-refractivity contribution in [2.45, 2.75) is 6.04 Å². The lowest BCUT2D eigenvalue weighted by Gasteiger charge is -2.25. The molecule has 1 N–H and O–H groups in total. The van der Waals surface area contributed by atoms with Crippen LogP contribution in [0, 0.1) is 11.6 Å². The number of ether oxygens (including phenoxy) is 2. The molecule has 0 bridgehead atoms. The van der Waals surface area contributed by atoms with E-state index >= 15 is 0 Å². The molecule has 0 aliphatic carbocycles. The fraction of sp³-hybridized carbons (Fsp3) is 0.0833. The molecule has 8 heteroatoms. The largest absolute Gasteiger partial charge is 0.507 e. The summed E-state index contributed by atoms with van der Waals surface area (Å²) in [7, 11) is 0. The minimum atomic E-state index is -1.09. The van der Waals surface area contributed by atoms with Crippen LogP contribution < -0.4 is 14.4 Å². The van der Waals surface area contributed by atoms with Crippen LogP contribution in [0.4, 0.5) is 14.5 Å². The third kappa shape index (κ3) is 3.17. The second kappa shape index (κ2) is 7.49. The number of anilines is 1. The van der Waals surface area contributed by atoms with E-state index in [1.807, 2.05) is 0 Å². The number of rotatable bonds is 3. The van der Waals surface area contributed by atoms with Gasteiger partial charge < -0.3 is 14.6 Å². The van der Waals surface area contributed by atoms with E-state index in [0.29, 0.717) is 17.1 Å². The predicted octanol–water partition coefficient (Wildman–Crippen LogP) is 4.32. The van der Waals surface area contributed by atoms with Crippen LogP contribution in [0.15, 0.2) is 72.3 Å². The van der Waals surface area contributed by atoms with Gasteiger partial charge in [-0.2, -0.15) is 0 Å². The van der Waals surface area contributed by atoms with Crippen molar-refractivity contribution in [2.24, 2.45) is 0 Å². The Balaban J connectivity index is 1.71. The summed E-state index contributed by atoms with van der Waals surface area (Å²) in [5, 5.41) is 11.1. The SMILES string of the molecule is O=C1C(=O)N(c2cccc(F)c2)C(c2ccc(F)cc2)/C1=C(/O)c1ccc2c(c1)OCO2. The highest BCUT2D eigenvalue weighted by molar-refractivity contribution is 6.51. The van der Waals surface area contributed by atoms with Crippen molar-refractivity contribution in [3.8, 4) is 11.5 Å². The summed E-state index contributed by atoms with van der Waals surface area (Å²) < 4.78 is 38.1. The van der Waals surface area contributed by atoms with Crippen LogP contribution in [0.2, 0.25) is 0 Å². The molecule has 2 aliphatic rings. The zero-order valence-electron chi connectivity index (χ0n) is 16.4. The maximum Gasteiger partial charge on any atom is 0.300 e. The van der Waals surface area contributed by atoms with Crippen molar-refractivity contribution in [3.05, 3.63) is 95.1 Å². The number of aliphatic hydroxyl groups is 1. The maximum absolute atomic E-state index is 13.9. The smallest absolute Gasteiger partial charge is 0.300 e. The Morgan fingerprint density at radius 2 is 1.66 bits per heavy atom. The highest BCUT2D eigenvalue weighted by atomic mass is 19.1. The zero-order valence-corrected chi connectivity index (χ0v) is 16.4. The van der Waals surface area contributed by atoms with Gasteiger partial charge in [-0.25, -0.2) is 8.78 Å². The average Bonchev–Trinajstić information content (AvgIpc) is 3.36. The van der Waals surface area contributed by atoms with E-state index in [0.717, 1.165) is 11.0 Å². The van der Waals surface area contributed by atoms with Gasteiger partial charge in [0.25, 0.3) is 11.7 Å². The lowest BCUT2D eigenvalue weighted by molar-refractivity contribution is -0.132. The summed E-state index contributed by atoms with van der Waals surface area (Å²) in [6.45, 7) is 0.0269. The van der Waals surface area contributed by atoms with Crippen LogP contribution in [-0.4, -0.2) is 23.6 Å². The molecule has 0 saturated carbocycles. The monoisotopic (exact) mass is 435 g/mol. The maximum atomic E-state index is 13.9. The number of carbonyl (C=O) groups is 2. The number of Topliss-reactive ketones (excluding diaryl/α,β-unsaturated/α-hetero) is 1. The first-order valence-corrected chi connectivity index (χ1v) is 9.66. The molecule has 5 rings (SSSR count). The molecule has 32 heavy (non-hydrogen) atoms. The fourth-order valence-electron chi connectivity index (χ4n) is 3.88. The standard InChI is InChI=1S/C24H15F2NO5/c25-15-7-4-13(5-8-15)21-20(22(28)14-6-9-18-19(10-14)32-12-31-18)23(29)24(30)27(21)17-3-1-2-16(26)11-17/h1-11,21,28H,12H2/b22-20-. The molecule has 2 heterocycles. The van der Waals surface area contributed by atoms with Crippen molar-refractivity contribution in [1.29, 1.82) is 0 Å². The Morgan fingerprint density at radius 3 is 2.41 bits per heavy atom. The molecule has 1 amide bonds. The number of ketones is 1. The van der Waals surface area contributed by atoms with E-state index < -0.39 is 35.1 Å². The number of carbonyl (C=O) groups excluding carboxylic acids is 2. The highest BCUT2D eigenvalue weighted by Crippen LogP contribution is 2.43. The van der Waals surface area contributed by atoms with Gasteiger partial charge in [0, 0.05) is 11.3 Å². The number of halogens is 2. The van der Waals surface area contributed by atoms with Gasteiger partial charge in [0.15, 0.2) is 11.5 Å². The van der Waals surface area contributed by atoms with Crippen LogP contribution in [0.3, 0.4) is 0 Å². The summed E-state index contributed by atoms with van der Waals surface area (Å²) >= 11 is 0. The Labute approximate surface area is 180 Å².